The molecule has 0 amide bonds. The molecule has 0 fully saturated rings. The Morgan fingerprint density at radius 3 is 1.46 bits per heavy atom. The standard InChI is InChI=1S/C48H83NO7/c1-6-8-10-12-14-16-18-20-21-22-23-24-25-27-29-31-33-35-37-39-47(51)56-44(42-54-41-40-45(48(52)53)49(3,4)5)43-55-46(50)38-36-34-32-30-28-26-19-17-15-13-11-9-7-2/h9,11,13,15,17,19,26,28,30,32,44-45H,6-8,10,12,14,16,18,20-25,27,29,31,33-43H2,1-5H3/p+1/b11-9+,15-13+,19-17+,28-26+,32-30+. The van der Waals surface area contributed by atoms with Crippen molar-refractivity contribution in [3.05, 3.63) is 60.8 Å². The Bertz CT molecular complexity index is 1100. The van der Waals surface area contributed by atoms with Crippen LogP contribution in [0.2, 0.25) is 0 Å². The monoisotopic (exact) mass is 787 g/mol. The number of rotatable bonds is 39. The lowest BCUT2D eigenvalue weighted by Gasteiger charge is -2.31. The number of quaternary nitrogens is 1. The van der Waals surface area contributed by atoms with Crippen molar-refractivity contribution in [1.82, 2.24) is 0 Å². The molecule has 0 rings (SSSR count). The predicted octanol–water partition coefficient (Wildman–Crippen LogP) is 12.2. The van der Waals surface area contributed by atoms with Crippen LogP contribution in [0.5, 0.6) is 0 Å². The first kappa shape index (κ1) is 53.0. The maximum atomic E-state index is 12.7. The summed E-state index contributed by atoms with van der Waals surface area (Å²) in [6.07, 6.45) is 47.1. The van der Waals surface area contributed by atoms with Gasteiger partial charge in [0.2, 0.25) is 0 Å². The Morgan fingerprint density at radius 2 is 1.00 bits per heavy atom. The molecule has 1 N–H and O–H groups in total. The molecule has 2 atom stereocenters. The summed E-state index contributed by atoms with van der Waals surface area (Å²) in [6.45, 7) is 4.52. The van der Waals surface area contributed by atoms with Crippen LogP contribution in [0.4, 0.5) is 0 Å². The maximum absolute atomic E-state index is 12.7. The SMILES string of the molecule is CC/C=C/C=C/C=C/C=C/C=C/CCCC(=O)OCC(COCCC(C(=O)O)[N+](C)(C)C)OC(=O)CCCCCCCCCCCCCCCCCCCCC. The summed E-state index contributed by atoms with van der Waals surface area (Å²) < 4.78 is 17.2. The van der Waals surface area contributed by atoms with Gasteiger partial charge >= 0.3 is 17.9 Å². The number of hydrogen-bond donors (Lipinski definition) is 1. The molecule has 0 aliphatic heterocycles. The third-order valence-corrected chi connectivity index (χ3v) is 9.81. The number of likely N-dealkylation sites (N-methyl/N-ethyl adjacent to an activating group) is 1. The number of carbonyl (C=O) groups is 3. The normalized spacial score (nSPS) is 13.5. The quantitative estimate of drug-likeness (QED) is 0.0287. The van der Waals surface area contributed by atoms with Crippen molar-refractivity contribution in [2.75, 3.05) is 41.0 Å². The minimum Gasteiger partial charge on any atom is -0.477 e. The number of ether oxygens (including phenoxy) is 3. The van der Waals surface area contributed by atoms with Crippen LogP contribution in [0.3, 0.4) is 0 Å². The zero-order chi connectivity index (χ0) is 41.4. The number of carboxylic acid groups (broad SMARTS) is 1. The summed E-state index contributed by atoms with van der Waals surface area (Å²) in [5.74, 6) is -1.56. The molecule has 0 saturated carbocycles. The lowest BCUT2D eigenvalue weighted by molar-refractivity contribution is -0.887. The van der Waals surface area contributed by atoms with E-state index in [1.54, 1.807) is 0 Å². The minimum atomic E-state index is -0.885. The lowest BCUT2D eigenvalue weighted by Crippen LogP contribution is -2.50. The summed E-state index contributed by atoms with van der Waals surface area (Å²) in [5, 5.41) is 9.61. The van der Waals surface area contributed by atoms with E-state index in [9.17, 15) is 19.5 Å². The number of nitrogens with zero attached hydrogens (tertiary/aromatic N) is 1. The molecular formula is C48H84NO7+. The molecule has 0 saturated heterocycles. The Kier molecular flexibility index (Phi) is 36.8. The molecule has 0 radical (unpaired) electrons. The Labute approximate surface area is 343 Å². The van der Waals surface area contributed by atoms with E-state index in [0.717, 1.165) is 32.1 Å². The Balaban J connectivity index is 4.37. The number of carbonyl (C=O) groups excluding carboxylic acids is 2. The first-order valence-electron chi connectivity index (χ1n) is 22.4. The summed E-state index contributed by atoms with van der Waals surface area (Å²) in [5.41, 5.74) is 0. The van der Waals surface area contributed by atoms with Crippen molar-refractivity contribution in [3.63, 3.8) is 0 Å². The molecule has 8 heteroatoms. The number of aliphatic carboxylic acids is 1. The molecule has 0 aliphatic rings. The van der Waals surface area contributed by atoms with E-state index in [1.807, 2.05) is 75.8 Å². The first-order chi connectivity index (χ1) is 27.1. The van der Waals surface area contributed by atoms with Gasteiger partial charge in [0.15, 0.2) is 12.1 Å². The molecule has 8 nitrogen and oxygen atoms in total. The van der Waals surface area contributed by atoms with Gasteiger partial charge in [0, 0.05) is 19.3 Å². The van der Waals surface area contributed by atoms with E-state index in [1.165, 1.54) is 103 Å². The smallest absolute Gasteiger partial charge is 0.362 e. The molecule has 2 unspecified atom stereocenters. The fraction of sp³-hybridized carbons (Fsp3) is 0.729. The second-order valence-corrected chi connectivity index (χ2v) is 16.1. The number of allylic oxidation sites excluding steroid dienone is 10. The van der Waals surface area contributed by atoms with Crippen LogP contribution in [0, 0.1) is 0 Å². The van der Waals surface area contributed by atoms with Crippen molar-refractivity contribution >= 4 is 17.9 Å². The van der Waals surface area contributed by atoms with Gasteiger partial charge in [0.25, 0.3) is 0 Å². The molecule has 0 heterocycles. The highest BCUT2D eigenvalue weighted by Gasteiger charge is 2.31. The van der Waals surface area contributed by atoms with Gasteiger partial charge in [-0.05, 0) is 25.7 Å². The summed E-state index contributed by atoms with van der Waals surface area (Å²) in [7, 11) is 5.50. The number of unbranched alkanes of at least 4 members (excludes halogenated alkanes) is 19. The topological polar surface area (TPSA) is 99.1 Å². The van der Waals surface area contributed by atoms with Gasteiger partial charge in [-0.25, -0.2) is 4.79 Å². The largest absolute Gasteiger partial charge is 0.477 e. The van der Waals surface area contributed by atoms with Crippen LogP contribution in [-0.2, 0) is 28.6 Å². The van der Waals surface area contributed by atoms with Gasteiger partial charge in [-0.2, -0.15) is 0 Å². The maximum Gasteiger partial charge on any atom is 0.362 e. The second kappa shape index (κ2) is 38.9. The van der Waals surface area contributed by atoms with E-state index >= 15 is 0 Å². The molecule has 0 aromatic rings. The van der Waals surface area contributed by atoms with Gasteiger partial charge in [-0.3, -0.25) is 9.59 Å². The van der Waals surface area contributed by atoms with E-state index < -0.39 is 18.1 Å². The first-order valence-corrected chi connectivity index (χ1v) is 22.4. The number of esters is 2. The molecule has 0 aromatic heterocycles. The fourth-order valence-corrected chi connectivity index (χ4v) is 6.36. The van der Waals surface area contributed by atoms with E-state index in [-0.39, 0.29) is 42.7 Å². The number of hydrogen-bond acceptors (Lipinski definition) is 6. The van der Waals surface area contributed by atoms with Crippen molar-refractivity contribution in [1.29, 1.82) is 0 Å². The van der Waals surface area contributed by atoms with Crippen LogP contribution in [0.25, 0.3) is 0 Å². The zero-order valence-electron chi connectivity index (χ0n) is 36.6. The summed E-state index contributed by atoms with van der Waals surface area (Å²) in [4.78, 5) is 36.9. The molecule has 0 aliphatic carbocycles. The molecule has 0 bridgehead atoms. The van der Waals surface area contributed by atoms with Gasteiger partial charge in [-0.15, -0.1) is 0 Å². The Morgan fingerprint density at radius 1 is 0.554 bits per heavy atom. The average molecular weight is 787 g/mol. The minimum absolute atomic E-state index is 0.0381. The van der Waals surface area contributed by atoms with Crippen molar-refractivity contribution in [3.8, 4) is 0 Å². The highest BCUT2D eigenvalue weighted by molar-refractivity contribution is 5.72. The van der Waals surface area contributed by atoms with Crippen LogP contribution in [-0.4, -0.2) is 80.6 Å². The highest BCUT2D eigenvalue weighted by atomic mass is 16.6. The van der Waals surface area contributed by atoms with Gasteiger partial charge < -0.3 is 23.8 Å². The average Bonchev–Trinajstić information content (AvgIpc) is 3.15. The summed E-state index contributed by atoms with van der Waals surface area (Å²) in [6, 6.07) is -0.626. The van der Waals surface area contributed by atoms with Crippen molar-refractivity contribution in [2.24, 2.45) is 0 Å². The predicted molar refractivity (Wildman–Crippen MR) is 234 cm³/mol. The van der Waals surface area contributed by atoms with Crippen LogP contribution in [0.1, 0.15) is 174 Å². The Hall–Kier alpha value is -2.97. The molecular weight excluding hydrogens is 703 g/mol. The van der Waals surface area contributed by atoms with Gasteiger partial charge in [0.05, 0.1) is 34.4 Å². The molecule has 0 aromatic carbocycles. The van der Waals surface area contributed by atoms with E-state index in [0.29, 0.717) is 19.3 Å². The van der Waals surface area contributed by atoms with E-state index in [2.05, 4.69) is 19.9 Å². The second-order valence-electron chi connectivity index (χ2n) is 16.1. The highest BCUT2D eigenvalue weighted by Crippen LogP contribution is 2.16. The fourth-order valence-electron chi connectivity index (χ4n) is 6.36. The van der Waals surface area contributed by atoms with E-state index in [4.69, 9.17) is 14.2 Å². The van der Waals surface area contributed by atoms with Gasteiger partial charge in [-0.1, -0.05) is 190 Å². The third kappa shape index (κ3) is 36.7. The van der Waals surface area contributed by atoms with Crippen LogP contribution in [0.15, 0.2) is 60.8 Å². The molecule has 0 spiro atoms. The van der Waals surface area contributed by atoms with Gasteiger partial charge in [0.1, 0.15) is 6.61 Å². The van der Waals surface area contributed by atoms with Crippen LogP contribution < -0.4 is 0 Å². The molecule has 322 valence electrons. The summed E-state index contributed by atoms with van der Waals surface area (Å²) >= 11 is 0. The van der Waals surface area contributed by atoms with Crippen molar-refractivity contribution < 1.29 is 38.2 Å². The van der Waals surface area contributed by atoms with Crippen molar-refractivity contribution in [2.45, 2.75) is 187 Å². The molecule has 56 heavy (non-hydrogen) atoms. The third-order valence-electron chi connectivity index (χ3n) is 9.81. The number of carboxylic acids is 1. The zero-order valence-corrected chi connectivity index (χ0v) is 36.6. The lowest BCUT2D eigenvalue weighted by atomic mass is 10.0. The van der Waals surface area contributed by atoms with Crippen LogP contribution >= 0.6 is 0 Å².